The smallest absolute Gasteiger partial charge is 0.253 e. The number of rotatable bonds is 6. The van der Waals surface area contributed by atoms with Gasteiger partial charge in [0.25, 0.3) is 5.91 Å². The van der Waals surface area contributed by atoms with E-state index >= 15 is 0 Å². The fraction of sp³-hybridized carbons (Fsp3) is 0.222. The maximum absolute atomic E-state index is 12.2. The molecule has 24 heavy (non-hydrogen) atoms. The molecule has 0 saturated heterocycles. The molecule has 0 spiro atoms. The van der Waals surface area contributed by atoms with Crippen molar-refractivity contribution in [3.63, 3.8) is 0 Å². The number of aliphatic hydroxyl groups excluding tert-OH is 1. The molecule has 2 aromatic rings. The quantitative estimate of drug-likeness (QED) is 0.751. The first kappa shape index (κ1) is 18.0. The molecule has 2 rings (SSSR count). The SMILES string of the molecule is CCNC(=O)c1ccccc1NC(=O)CC(O)c1ccc(Cl)cc1. The van der Waals surface area contributed by atoms with Crippen LogP contribution < -0.4 is 10.6 Å². The van der Waals surface area contributed by atoms with Crippen molar-refractivity contribution in [3.05, 3.63) is 64.7 Å². The van der Waals surface area contributed by atoms with Crippen LogP contribution in [0.4, 0.5) is 5.69 Å². The highest BCUT2D eigenvalue weighted by molar-refractivity contribution is 6.30. The number of amides is 2. The molecule has 1 atom stereocenters. The van der Waals surface area contributed by atoms with Gasteiger partial charge < -0.3 is 15.7 Å². The third-order valence-electron chi connectivity index (χ3n) is 3.42. The third kappa shape index (κ3) is 4.81. The molecule has 0 aliphatic heterocycles. The van der Waals surface area contributed by atoms with Gasteiger partial charge in [-0.25, -0.2) is 0 Å². The van der Waals surface area contributed by atoms with Crippen LogP contribution in [0.1, 0.15) is 35.4 Å². The van der Waals surface area contributed by atoms with Crippen LogP contribution in [-0.2, 0) is 4.79 Å². The Morgan fingerprint density at radius 1 is 1.12 bits per heavy atom. The highest BCUT2D eigenvalue weighted by atomic mass is 35.5. The molecule has 0 saturated carbocycles. The summed E-state index contributed by atoms with van der Waals surface area (Å²) in [5, 5.41) is 16.1. The fourth-order valence-electron chi connectivity index (χ4n) is 2.23. The molecule has 5 nitrogen and oxygen atoms in total. The van der Waals surface area contributed by atoms with Gasteiger partial charge >= 0.3 is 0 Å². The van der Waals surface area contributed by atoms with Crippen LogP contribution in [0.5, 0.6) is 0 Å². The van der Waals surface area contributed by atoms with E-state index in [1.165, 1.54) is 0 Å². The van der Waals surface area contributed by atoms with Gasteiger partial charge in [0, 0.05) is 11.6 Å². The zero-order valence-electron chi connectivity index (χ0n) is 13.3. The molecule has 0 aliphatic rings. The topological polar surface area (TPSA) is 78.4 Å². The average molecular weight is 347 g/mol. The number of hydrogen-bond acceptors (Lipinski definition) is 3. The molecule has 126 valence electrons. The van der Waals surface area contributed by atoms with Crippen molar-refractivity contribution in [2.75, 3.05) is 11.9 Å². The van der Waals surface area contributed by atoms with Crippen LogP contribution >= 0.6 is 11.6 Å². The Labute approximate surface area is 145 Å². The maximum Gasteiger partial charge on any atom is 0.253 e. The van der Waals surface area contributed by atoms with E-state index in [9.17, 15) is 14.7 Å². The summed E-state index contributed by atoms with van der Waals surface area (Å²) in [6, 6.07) is 13.4. The number of halogens is 1. The molecule has 2 amide bonds. The van der Waals surface area contributed by atoms with Gasteiger partial charge in [0.2, 0.25) is 5.91 Å². The van der Waals surface area contributed by atoms with Crippen molar-refractivity contribution >= 4 is 29.1 Å². The lowest BCUT2D eigenvalue weighted by Crippen LogP contribution is -2.25. The van der Waals surface area contributed by atoms with Gasteiger partial charge in [0.15, 0.2) is 0 Å². The minimum Gasteiger partial charge on any atom is -0.388 e. The minimum absolute atomic E-state index is 0.120. The second-order valence-corrected chi connectivity index (χ2v) is 5.66. The number of anilines is 1. The van der Waals surface area contributed by atoms with Crippen LogP contribution in [0.3, 0.4) is 0 Å². The predicted molar refractivity (Wildman–Crippen MR) is 94.1 cm³/mol. The van der Waals surface area contributed by atoms with E-state index in [-0.39, 0.29) is 18.2 Å². The number of hydrogen-bond donors (Lipinski definition) is 3. The molecule has 0 heterocycles. The molecule has 6 heteroatoms. The maximum atomic E-state index is 12.2. The van der Waals surface area contributed by atoms with E-state index < -0.39 is 6.10 Å². The number of carbonyl (C=O) groups excluding carboxylic acids is 2. The Morgan fingerprint density at radius 2 is 1.79 bits per heavy atom. The second kappa shape index (κ2) is 8.47. The lowest BCUT2D eigenvalue weighted by Gasteiger charge is -2.13. The molecule has 0 radical (unpaired) electrons. The summed E-state index contributed by atoms with van der Waals surface area (Å²) in [4.78, 5) is 24.2. The highest BCUT2D eigenvalue weighted by Crippen LogP contribution is 2.21. The largest absolute Gasteiger partial charge is 0.388 e. The van der Waals surface area contributed by atoms with Gasteiger partial charge in [-0.1, -0.05) is 35.9 Å². The van der Waals surface area contributed by atoms with Gasteiger partial charge in [-0.05, 0) is 36.8 Å². The van der Waals surface area contributed by atoms with E-state index in [0.717, 1.165) is 0 Å². The highest BCUT2D eigenvalue weighted by Gasteiger charge is 2.16. The Hall–Kier alpha value is -2.37. The third-order valence-corrected chi connectivity index (χ3v) is 3.67. The van der Waals surface area contributed by atoms with E-state index in [2.05, 4.69) is 10.6 Å². The Bertz CT molecular complexity index is 716. The Morgan fingerprint density at radius 3 is 2.46 bits per heavy atom. The van der Waals surface area contributed by atoms with Crippen LogP contribution in [0.15, 0.2) is 48.5 Å². The summed E-state index contributed by atoms with van der Waals surface area (Å²) < 4.78 is 0. The Balaban J connectivity index is 2.04. The first-order valence-corrected chi connectivity index (χ1v) is 7.99. The zero-order valence-corrected chi connectivity index (χ0v) is 14.0. The molecule has 0 aliphatic carbocycles. The summed E-state index contributed by atoms with van der Waals surface area (Å²) in [6.07, 6.45) is -1.07. The molecule has 2 aromatic carbocycles. The summed E-state index contributed by atoms with van der Waals surface area (Å²) >= 11 is 5.80. The van der Waals surface area contributed by atoms with Crippen molar-refractivity contribution in [1.82, 2.24) is 5.32 Å². The van der Waals surface area contributed by atoms with Crippen molar-refractivity contribution in [2.45, 2.75) is 19.4 Å². The predicted octanol–water partition coefficient (Wildman–Crippen LogP) is 3.15. The number of nitrogens with one attached hydrogen (secondary N) is 2. The molecule has 3 N–H and O–H groups in total. The Kier molecular flexibility index (Phi) is 6.35. The first-order chi connectivity index (χ1) is 11.5. The number of para-hydroxylation sites is 1. The molecule has 0 bridgehead atoms. The number of aliphatic hydroxyl groups is 1. The number of benzene rings is 2. The second-order valence-electron chi connectivity index (χ2n) is 5.22. The molecular weight excluding hydrogens is 328 g/mol. The summed E-state index contributed by atoms with van der Waals surface area (Å²) in [6.45, 7) is 2.32. The van der Waals surface area contributed by atoms with Crippen LogP contribution in [-0.4, -0.2) is 23.5 Å². The van der Waals surface area contributed by atoms with E-state index in [4.69, 9.17) is 11.6 Å². The van der Waals surface area contributed by atoms with Crippen molar-refractivity contribution in [2.24, 2.45) is 0 Å². The summed E-state index contributed by atoms with van der Waals surface area (Å²) in [7, 11) is 0. The summed E-state index contributed by atoms with van der Waals surface area (Å²) in [5.74, 6) is -0.638. The standard InChI is InChI=1S/C18H19ClN2O3/c1-2-20-18(24)14-5-3-4-6-15(14)21-17(23)11-16(22)12-7-9-13(19)10-8-12/h3-10,16,22H,2,11H2,1H3,(H,20,24)(H,21,23). The van der Waals surface area contributed by atoms with Crippen LogP contribution in [0, 0.1) is 0 Å². The molecule has 0 fully saturated rings. The van der Waals surface area contributed by atoms with E-state index in [1.807, 2.05) is 6.92 Å². The monoisotopic (exact) mass is 346 g/mol. The molecular formula is C18H19ClN2O3. The van der Waals surface area contributed by atoms with Gasteiger partial charge in [0.1, 0.15) is 0 Å². The molecule has 0 aromatic heterocycles. The number of carbonyl (C=O) groups is 2. The summed E-state index contributed by atoms with van der Waals surface area (Å²) in [5.41, 5.74) is 1.40. The normalized spacial score (nSPS) is 11.6. The van der Waals surface area contributed by atoms with Crippen molar-refractivity contribution < 1.29 is 14.7 Å². The van der Waals surface area contributed by atoms with Crippen LogP contribution in [0.2, 0.25) is 5.02 Å². The lowest BCUT2D eigenvalue weighted by atomic mass is 10.1. The fourth-order valence-corrected chi connectivity index (χ4v) is 2.35. The zero-order chi connectivity index (χ0) is 17.5. The molecule has 1 unspecified atom stereocenters. The van der Waals surface area contributed by atoms with Gasteiger partial charge in [-0.15, -0.1) is 0 Å². The van der Waals surface area contributed by atoms with E-state index in [0.29, 0.717) is 28.4 Å². The lowest BCUT2D eigenvalue weighted by molar-refractivity contribution is -0.118. The minimum atomic E-state index is -0.945. The van der Waals surface area contributed by atoms with E-state index in [1.54, 1.807) is 48.5 Å². The van der Waals surface area contributed by atoms with Crippen molar-refractivity contribution in [1.29, 1.82) is 0 Å². The van der Waals surface area contributed by atoms with Crippen molar-refractivity contribution in [3.8, 4) is 0 Å². The van der Waals surface area contributed by atoms with Crippen LogP contribution in [0.25, 0.3) is 0 Å². The van der Waals surface area contributed by atoms with Gasteiger partial charge in [-0.2, -0.15) is 0 Å². The first-order valence-electron chi connectivity index (χ1n) is 7.62. The average Bonchev–Trinajstić information content (AvgIpc) is 2.56. The van der Waals surface area contributed by atoms with Gasteiger partial charge in [0.05, 0.1) is 23.8 Å². The van der Waals surface area contributed by atoms with Gasteiger partial charge in [-0.3, -0.25) is 9.59 Å².